The molecular formula is C15H13FINO3. The van der Waals surface area contributed by atoms with Gasteiger partial charge in [0.15, 0.2) is 0 Å². The van der Waals surface area contributed by atoms with Crippen LogP contribution in [-0.2, 0) is 0 Å². The molecular weight excluding hydrogens is 388 g/mol. The molecule has 0 saturated heterocycles. The smallest absolute Gasteiger partial charge is 0.256 e. The second kappa shape index (κ2) is 6.75. The Labute approximate surface area is 135 Å². The van der Waals surface area contributed by atoms with Gasteiger partial charge in [-0.2, -0.15) is 0 Å². The van der Waals surface area contributed by atoms with Gasteiger partial charge in [-0.15, -0.1) is 0 Å². The minimum atomic E-state index is -0.481. The number of ether oxygens (including phenoxy) is 2. The summed E-state index contributed by atoms with van der Waals surface area (Å²) < 4.78 is 24.7. The van der Waals surface area contributed by atoms with Crippen LogP contribution in [0.4, 0.5) is 10.1 Å². The highest BCUT2D eigenvalue weighted by molar-refractivity contribution is 14.1. The van der Waals surface area contributed by atoms with Crippen LogP contribution in [0.15, 0.2) is 36.4 Å². The van der Waals surface area contributed by atoms with E-state index in [1.165, 1.54) is 26.4 Å². The molecule has 110 valence electrons. The molecule has 0 aliphatic rings. The maximum absolute atomic E-state index is 13.7. The number of hydrogen-bond acceptors (Lipinski definition) is 3. The van der Waals surface area contributed by atoms with Crippen LogP contribution in [0.3, 0.4) is 0 Å². The van der Waals surface area contributed by atoms with Crippen molar-refractivity contribution in [2.75, 3.05) is 19.5 Å². The molecule has 0 aliphatic heterocycles. The number of carbonyl (C=O) groups excluding carboxylic acids is 1. The van der Waals surface area contributed by atoms with Crippen molar-refractivity contribution in [2.24, 2.45) is 0 Å². The molecule has 4 nitrogen and oxygen atoms in total. The molecule has 0 spiro atoms. The molecule has 0 bridgehead atoms. The summed E-state index contributed by atoms with van der Waals surface area (Å²) in [5.74, 6) is 0.0579. The summed E-state index contributed by atoms with van der Waals surface area (Å²) in [6.07, 6.45) is 0. The predicted octanol–water partition coefficient (Wildman–Crippen LogP) is 3.70. The van der Waals surface area contributed by atoms with E-state index in [-0.39, 0.29) is 5.69 Å². The van der Waals surface area contributed by atoms with Gasteiger partial charge in [0.05, 0.1) is 19.9 Å². The average molecular weight is 401 g/mol. The Morgan fingerprint density at radius 1 is 1.10 bits per heavy atom. The number of rotatable bonds is 4. The van der Waals surface area contributed by atoms with Crippen molar-refractivity contribution in [3.8, 4) is 11.5 Å². The fourth-order valence-electron chi connectivity index (χ4n) is 1.72. The second-order valence-corrected chi connectivity index (χ2v) is 5.43. The second-order valence-electron chi connectivity index (χ2n) is 4.18. The Bertz CT molecular complexity index is 654. The van der Waals surface area contributed by atoms with Crippen molar-refractivity contribution in [1.82, 2.24) is 0 Å². The molecule has 0 aromatic heterocycles. The van der Waals surface area contributed by atoms with E-state index in [9.17, 15) is 9.18 Å². The number of nitrogens with one attached hydrogen (secondary N) is 1. The van der Waals surface area contributed by atoms with E-state index < -0.39 is 11.7 Å². The zero-order chi connectivity index (χ0) is 15.4. The van der Waals surface area contributed by atoms with Crippen molar-refractivity contribution in [1.29, 1.82) is 0 Å². The lowest BCUT2D eigenvalue weighted by atomic mass is 10.1. The largest absolute Gasteiger partial charge is 0.497 e. The highest BCUT2D eigenvalue weighted by Crippen LogP contribution is 2.24. The fraction of sp³-hybridized carbons (Fsp3) is 0.133. The maximum atomic E-state index is 13.7. The summed E-state index contributed by atoms with van der Waals surface area (Å²) in [7, 11) is 2.99. The third-order valence-electron chi connectivity index (χ3n) is 2.79. The number of halogens is 2. The van der Waals surface area contributed by atoms with E-state index in [2.05, 4.69) is 5.32 Å². The van der Waals surface area contributed by atoms with Gasteiger partial charge in [0, 0.05) is 15.2 Å². The highest BCUT2D eigenvalue weighted by Gasteiger charge is 2.12. The standard InChI is InChI=1S/C15H13FINO3/c1-20-11-5-9(6-12(8-11)21-2)15(19)18-14-4-3-10(17)7-13(14)16/h3-8H,1-2H3,(H,18,19). The molecule has 0 heterocycles. The van der Waals surface area contributed by atoms with Gasteiger partial charge in [-0.3, -0.25) is 4.79 Å². The van der Waals surface area contributed by atoms with Crippen molar-refractivity contribution in [3.63, 3.8) is 0 Å². The van der Waals surface area contributed by atoms with Crippen LogP contribution in [-0.4, -0.2) is 20.1 Å². The van der Waals surface area contributed by atoms with Crippen molar-refractivity contribution >= 4 is 34.2 Å². The molecule has 0 unspecified atom stereocenters. The monoisotopic (exact) mass is 401 g/mol. The Balaban J connectivity index is 2.27. The Kier molecular flexibility index (Phi) is 5.00. The molecule has 0 saturated carbocycles. The molecule has 6 heteroatoms. The third-order valence-corrected chi connectivity index (χ3v) is 3.46. The minimum absolute atomic E-state index is 0.127. The Morgan fingerprint density at radius 3 is 2.24 bits per heavy atom. The highest BCUT2D eigenvalue weighted by atomic mass is 127. The van der Waals surface area contributed by atoms with Crippen LogP contribution in [0.25, 0.3) is 0 Å². The molecule has 2 aromatic rings. The number of amides is 1. The molecule has 1 amide bonds. The normalized spacial score (nSPS) is 10.1. The first kappa shape index (κ1) is 15.6. The van der Waals surface area contributed by atoms with Gasteiger partial charge in [0.25, 0.3) is 5.91 Å². The predicted molar refractivity (Wildman–Crippen MR) is 86.6 cm³/mol. The van der Waals surface area contributed by atoms with E-state index in [0.29, 0.717) is 17.1 Å². The Hall–Kier alpha value is -1.83. The average Bonchev–Trinajstić information content (AvgIpc) is 2.49. The summed E-state index contributed by atoms with van der Waals surface area (Å²) >= 11 is 2.00. The number of hydrogen-bond donors (Lipinski definition) is 1. The molecule has 0 atom stereocenters. The van der Waals surface area contributed by atoms with Crippen molar-refractivity contribution in [2.45, 2.75) is 0 Å². The minimum Gasteiger partial charge on any atom is -0.497 e. The van der Waals surface area contributed by atoms with E-state index >= 15 is 0 Å². The SMILES string of the molecule is COc1cc(OC)cc(C(=O)Nc2ccc(I)cc2F)c1. The van der Waals surface area contributed by atoms with E-state index in [1.807, 2.05) is 22.6 Å². The lowest BCUT2D eigenvalue weighted by molar-refractivity contribution is 0.102. The number of benzene rings is 2. The van der Waals surface area contributed by atoms with E-state index in [1.54, 1.807) is 24.3 Å². The lowest BCUT2D eigenvalue weighted by Gasteiger charge is -2.10. The number of methoxy groups -OCH3 is 2. The maximum Gasteiger partial charge on any atom is 0.256 e. The molecule has 0 aliphatic carbocycles. The quantitative estimate of drug-likeness (QED) is 0.796. The van der Waals surface area contributed by atoms with Crippen LogP contribution < -0.4 is 14.8 Å². The van der Waals surface area contributed by atoms with E-state index in [4.69, 9.17) is 9.47 Å². The van der Waals surface area contributed by atoms with Gasteiger partial charge in [-0.1, -0.05) is 0 Å². The zero-order valence-corrected chi connectivity index (χ0v) is 13.6. The van der Waals surface area contributed by atoms with Crippen LogP contribution in [0.1, 0.15) is 10.4 Å². The van der Waals surface area contributed by atoms with Crippen molar-refractivity contribution < 1.29 is 18.7 Å². The summed E-state index contributed by atoms with van der Waals surface area (Å²) in [5, 5.41) is 2.53. The molecule has 21 heavy (non-hydrogen) atoms. The van der Waals surface area contributed by atoms with Crippen molar-refractivity contribution in [3.05, 3.63) is 51.3 Å². The molecule has 2 rings (SSSR count). The third kappa shape index (κ3) is 3.84. The summed E-state index contributed by atoms with van der Waals surface area (Å²) in [6, 6.07) is 9.35. The van der Waals surface area contributed by atoms with Gasteiger partial charge >= 0.3 is 0 Å². The Morgan fingerprint density at radius 2 is 1.71 bits per heavy atom. The molecule has 0 radical (unpaired) electrons. The van der Waals surface area contributed by atoms with Gasteiger partial charge in [0.2, 0.25) is 0 Å². The summed E-state index contributed by atoms with van der Waals surface area (Å²) in [5.41, 5.74) is 0.450. The summed E-state index contributed by atoms with van der Waals surface area (Å²) in [6.45, 7) is 0. The van der Waals surface area contributed by atoms with Gasteiger partial charge in [-0.25, -0.2) is 4.39 Å². The number of anilines is 1. The molecule has 0 fully saturated rings. The van der Waals surface area contributed by atoms with Gasteiger partial charge in [0.1, 0.15) is 17.3 Å². The van der Waals surface area contributed by atoms with Gasteiger partial charge < -0.3 is 14.8 Å². The first-order valence-electron chi connectivity index (χ1n) is 6.03. The van der Waals surface area contributed by atoms with Crippen LogP contribution in [0.5, 0.6) is 11.5 Å². The fourth-order valence-corrected chi connectivity index (χ4v) is 2.18. The first-order valence-corrected chi connectivity index (χ1v) is 7.11. The molecule has 1 N–H and O–H groups in total. The lowest BCUT2D eigenvalue weighted by Crippen LogP contribution is -2.13. The molecule has 2 aromatic carbocycles. The topological polar surface area (TPSA) is 47.6 Å². The van der Waals surface area contributed by atoms with E-state index in [0.717, 1.165) is 3.57 Å². The first-order chi connectivity index (χ1) is 10.0. The van der Waals surface area contributed by atoms with Crippen LogP contribution >= 0.6 is 22.6 Å². The number of carbonyl (C=O) groups is 1. The zero-order valence-electron chi connectivity index (χ0n) is 11.4. The summed E-state index contributed by atoms with van der Waals surface area (Å²) in [4.78, 5) is 12.2. The van der Waals surface area contributed by atoms with Gasteiger partial charge in [-0.05, 0) is 52.9 Å². The van der Waals surface area contributed by atoms with Crippen LogP contribution in [0.2, 0.25) is 0 Å². The van der Waals surface area contributed by atoms with Crippen LogP contribution in [0, 0.1) is 9.39 Å².